The Kier molecular flexibility index (Phi) is 8.06. The van der Waals surface area contributed by atoms with Crippen molar-refractivity contribution in [2.45, 2.75) is 24.7 Å². The van der Waals surface area contributed by atoms with Crippen molar-refractivity contribution in [2.24, 2.45) is 0 Å². The van der Waals surface area contributed by atoms with E-state index in [9.17, 15) is 27.9 Å². The van der Waals surface area contributed by atoms with Gasteiger partial charge in [-0.05, 0) is 24.3 Å². The smallest absolute Gasteiger partial charge is 0.271 e. The number of hydrazine groups is 1. The van der Waals surface area contributed by atoms with Gasteiger partial charge in [0, 0.05) is 56.8 Å². The van der Waals surface area contributed by atoms with Crippen LogP contribution in [0.1, 0.15) is 22.8 Å². The van der Waals surface area contributed by atoms with Crippen LogP contribution in [0.5, 0.6) is 5.75 Å². The van der Waals surface area contributed by atoms with Gasteiger partial charge in [-0.2, -0.15) is 0 Å². The fraction of sp³-hybridized carbons (Fsp3) is 0.385. The Morgan fingerprint density at radius 1 is 1.10 bits per heavy atom. The van der Waals surface area contributed by atoms with Crippen LogP contribution in [0.3, 0.4) is 0 Å². The van der Waals surface area contributed by atoms with Crippen molar-refractivity contribution in [1.29, 1.82) is 0 Å². The highest BCUT2D eigenvalue weighted by atomic mass is 35.5. The summed E-state index contributed by atoms with van der Waals surface area (Å²) >= 11 is 11.5. The van der Waals surface area contributed by atoms with Gasteiger partial charge in [0.05, 0.1) is 21.6 Å². The van der Waals surface area contributed by atoms with E-state index in [1.165, 1.54) is 29.0 Å². The maximum absolute atomic E-state index is 14.1. The molecule has 2 aliphatic rings. The highest BCUT2D eigenvalue weighted by Gasteiger charge is 2.40. The molecule has 3 atom stereocenters. The molecule has 0 radical (unpaired) electrons. The zero-order chi connectivity index (χ0) is 27.8. The first-order valence-corrected chi connectivity index (χ1v) is 13.1. The number of rotatable bonds is 8. The molecule has 2 heterocycles. The van der Waals surface area contributed by atoms with Crippen molar-refractivity contribution in [3.8, 4) is 5.75 Å². The van der Waals surface area contributed by atoms with E-state index in [0.717, 1.165) is 12.1 Å². The third-order valence-electron chi connectivity index (χ3n) is 6.79. The number of aliphatic hydroxyl groups is 1. The molecular weight excluding hydrogens is 560 g/mol. The molecular formula is C26H25Cl2F3N4O4. The summed E-state index contributed by atoms with van der Waals surface area (Å²) in [6.45, 7) is 2.08. The molecule has 208 valence electrons. The molecule has 1 amide bonds. The van der Waals surface area contributed by atoms with E-state index in [2.05, 4.69) is 5.43 Å². The number of hydrogen-bond donors (Lipinski definition) is 2. The molecule has 1 aliphatic carbocycles. The van der Waals surface area contributed by atoms with Crippen LogP contribution in [0.25, 0.3) is 10.9 Å². The van der Waals surface area contributed by atoms with Gasteiger partial charge < -0.3 is 14.4 Å². The van der Waals surface area contributed by atoms with E-state index >= 15 is 0 Å². The molecule has 13 heteroatoms. The summed E-state index contributed by atoms with van der Waals surface area (Å²) < 4.78 is 48.5. The zero-order valence-electron chi connectivity index (χ0n) is 20.5. The number of hydrogen-bond acceptors (Lipinski definition) is 6. The number of aromatic nitrogens is 1. The number of pyridine rings is 1. The van der Waals surface area contributed by atoms with Gasteiger partial charge in [0.25, 0.3) is 5.91 Å². The number of nitrogens with one attached hydrogen (secondary N) is 1. The second-order valence-electron chi connectivity index (χ2n) is 9.65. The van der Waals surface area contributed by atoms with E-state index in [-0.39, 0.29) is 45.3 Å². The fourth-order valence-corrected chi connectivity index (χ4v) is 4.85. The Morgan fingerprint density at radius 2 is 1.79 bits per heavy atom. The zero-order valence-corrected chi connectivity index (χ0v) is 22.1. The highest BCUT2D eigenvalue weighted by molar-refractivity contribution is 6.31. The lowest BCUT2D eigenvalue weighted by atomic mass is 10.1. The van der Waals surface area contributed by atoms with Crippen molar-refractivity contribution in [1.82, 2.24) is 19.9 Å². The maximum atomic E-state index is 14.1. The monoisotopic (exact) mass is 584 g/mol. The number of nitrogens with zero attached hydrogens (tertiary/aromatic N) is 3. The Labute approximate surface area is 231 Å². The van der Waals surface area contributed by atoms with Crippen LogP contribution >= 0.6 is 23.2 Å². The molecule has 0 bridgehead atoms. The number of aliphatic hydroxyl groups excluding tert-OH is 1. The lowest BCUT2D eigenvalue weighted by Crippen LogP contribution is -2.55. The summed E-state index contributed by atoms with van der Waals surface area (Å²) in [7, 11) is 0. The Balaban J connectivity index is 1.18. The van der Waals surface area contributed by atoms with Gasteiger partial charge in [0.2, 0.25) is 5.43 Å². The third kappa shape index (κ3) is 6.17. The number of piperazine rings is 1. The minimum absolute atomic E-state index is 0.0192. The van der Waals surface area contributed by atoms with Crippen LogP contribution in [0.15, 0.2) is 41.3 Å². The van der Waals surface area contributed by atoms with Gasteiger partial charge >= 0.3 is 0 Å². The van der Waals surface area contributed by atoms with Gasteiger partial charge in [-0.25, -0.2) is 18.2 Å². The molecule has 8 nitrogen and oxygen atoms in total. The lowest BCUT2D eigenvalue weighted by Gasteiger charge is -2.35. The average molecular weight is 585 g/mol. The third-order valence-corrected chi connectivity index (χ3v) is 7.39. The molecule has 1 aromatic heterocycles. The molecule has 1 aliphatic heterocycles. The summed E-state index contributed by atoms with van der Waals surface area (Å²) in [6.07, 6.45) is -0.436. The van der Waals surface area contributed by atoms with E-state index in [1.54, 1.807) is 5.01 Å². The molecule has 2 N–H and O–H groups in total. The molecule has 1 saturated heterocycles. The largest absolute Gasteiger partial charge is 0.491 e. The molecule has 5 rings (SSSR count). The van der Waals surface area contributed by atoms with Gasteiger partial charge in [0.1, 0.15) is 41.8 Å². The number of β-amino-alcohol motifs (C(OH)–C–C–N with tert-alkyl or cyclic N) is 1. The van der Waals surface area contributed by atoms with Crippen molar-refractivity contribution >= 4 is 40.0 Å². The van der Waals surface area contributed by atoms with Crippen LogP contribution in [-0.2, 0) is 0 Å². The second kappa shape index (κ2) is 11.3. The lowest BCUT2D eigenvalue weighted by molar-refractivity contribution is 0.0316. The van der Waals surface area contributed by atoms with Gasteiger partial charge in [-0.3, -0.25) is 19.9 Å². The molecule has 0 spiro atoms. The van der Waals surface area contributed by atoms with Crippen molar-refractivity contribution in [2.75, 3.05) is 39.3 Å². The summed E-state index contributed by atoms with van der Waals surface area (Å²) in [6, 6.07) is 5.71. The number of carbonyl (C=O) groups is 1. The SMILES string of the molecule is O=C(NN1CCN(CC(O)COc2ccc(Cl)c(F)c2)CC1)c1cn(C2CC2F)c2cc(Cl)c(F)cc2c1=O. The number of benzene rings is 2. The number of amides is 1. The van der Waals surface area contributed by atoms with E-state index < -0.39 is 41.3 Å². The number of ether oxygens (including phenoxy) is 1. The average Bonchev–Trinajstić information content (AvgIpc) is 3.63. The molecule has 1 saturated carbocycles. The molecule has 2 fully saturated rings. The van der Waals surface area contributed by atoms with Crippen LogP contribution < -0.4 is 15.6 Å². The first kappa shape index (κ1) is 27.7. The van der Waals surface area contributed by atoms with Crippen molar-refractivity contribution in [3.63, 3.8) is 0 Å². The van der Waals surface area contributed by atoms with E-state index in [4.69, 9.17) is 27.9 Å². The van der Waals surface area contributed by atoms with E-state index in [1.807, 2.05) is 4.90 Å². The maximum Gasteiger partial charge on any atom is 0.271 e. The van der Waals surface area contributed by atoms with Crippen LogP contribution in [0, 0.1) is 11.6 Å². The Bertz CT molecular complexity index is 1470. The highest BCUT2D eigenvalue weighted by Crippen LogP contribution is 2.41. The minimum Gasteiger partial charge on any atom is -0.491 e. The summed E-state index contributed by atoms with van der Waals surface area (Å²) in [5.74, 6) is -1.84. The Hall–Kier alpha value is -2.83. The molecule has 39 heavy (non-hydrogen) atoms. The van der Waals surface area contributed by atoms with Gasteiger partial charge in [-0.1, -0.05) is 23.2 Å². The van der Waals surface area contributed by atoms with Gasteiger partial charge in [0.15, 0.2) is 0 Å². The number of carbonyl (C=O) groups excluding carboxylic acids is 1. The van der Waals surface area contributed by atoms with Crippen LogP contribution in [0.2, 0.25) is 10.0 Å². The number of alkyl halides is 1. The second-order valence-corrected chi connectivity index (χ2v) is 10.5. The normalized spacial score (nSPS) is 20.7. The Morgan fingerprint density at radius 3 is 2.46 bits per heavy atom. The quantitative estimate of drug-likeness (QED) is 0.421. The minimum atomic E-state index is -1.13. The molecule has 3 unspecified atom stereocenters. The predicted octanol–water partition coefficient (Wildman–Crippen LogP) is 3.57. The van der Waals surface area contributed by atoms with Crippen molar-refractivity contribution in [3.05, 3.63) is 74.0 Å². The first-order valence-electron chi connectivity index (χ1n) is 12.3. The molecule has 3 aromatic rings. The first-order chi connectivity index (χ1) is 18.6. The van der Waals surface area contributed by atoms with E-state index in [0.29, 0.717) is 32.7 Å². The van der Waals surface area contributed by atoms with Crippen LogP contribution in [0.4, 0.5) is 13.2 Å². The van der Waals surface area contributed by atoms with Gasteiger partial charge in [-0.15, -0.1) is 0 Å². The summed E-state index contributed by atoms with van der Waals surface area (Å²) in [5, 5.41) is 11.7. The van der Waals surface area contributed by atoms with Crippen molar-refractivity contribution < 1.29 is 27.8 Å². The molecule has 2 aromatic carbocycles. The van der Waals surface area contributed by atoms with Crippen LogP contribution in [-0.4, -0.2) is 77.1 Å². The number of fused-ring (bicyclic) bond motifs is 1. The topological polar surface area (TPSA) is 87.0 Å². The fourth-order valence-electron chi connectivity index (χ4n) is 4.58. The predicted molar refractivity (Wildman–Crippen MR) is 140 cm³/mol. The summed E-state index contributed by atoms with van der Waals surface area (Å²) in [5.41, 5.74) is 2.07. The standard InChI is InChI=1S/C26H25Cl2F3N4O4/c27-18-2-1-15(7-20(18)29)39-13-14(36)11-33-3-5-34(6-4-33)32-26(38)17-12-35(24-10-22(24)31)23-9-19(28)21(30)8-16(23)25(17)37/h1-2,7-9,12,14,22,24,36H,3-6,10-11,13H2,(H,32,38). The summed E-state index contributed by atoms with van der Waals surface area (Å²) in [4.78, 5) is 28.1. The number of halogens is 5.